The topological polar surface area (TPSA) is 105 Å². The first kappa shape index (κ1) is 14.0. The van der Waals surface area contributed by atoms with Gasteiger partial charge in [-0.1, -0.05) is 0 Å². The molecule has 7 heteroatoms. The summed E-state index contributed by atoms with van der Waals surface area (Å²) >= 11 is 0. The van der Waals surface area contributed by atoms with Gasteiger partial charge >= 0.3 is 0 Å². The third-order valence-electron chi connectivity index (χ3n) is 2.13. The number of hydrogen-bond donors (Lipinski definition) is 4. The minimum absolute atomic E-state index is 0.0129. The summed E-state index contributed by atoms with van der Waals surface area (Å²) in [5.41, 5.74) is 5.59. The second-order valence-corrected chi connectivity index (χ2v) is 3.66. The standard InChI is InChI=1S/C11H20N6O/c1-3-13-8-7-9(17-11(12)16-8)15-6-5-10(18)14-4-2/h7H,3-6H2,1-2H3,(H,14,18)(H4,12,13,15,16,17). The Kier molecular flexibility index (Phi) is 5.69. The summed E-state index contributed by atoms with van der Waals surface area (Å²) in [4.78, 5) is 19.3. The first-order valence-corrected chi connectivity index (χ1v) is 6.04. The normalized spacial score (nSPS) is 9.89. The van der Waals surface area contributed by atoms with Crippen LogP contribution < -0.4 is 21.7 Å². The number of hydrogen-bond acceptors (Lipinski definition) is 6. The van der Waals surface area contributed by atoms with Gasteiger partial charge in [-0.15, -0.1) is 0 Å². The third kappa shape index (κ3) is 4.86. The first-order valence-electron chi connectivity index (χ1n) is 6.04. The van der Waals surface area contributed by atoms with Crippen molar-refractivity contribution in [1.29, 1.82) is 0 Å². The van der Waals surface area contributed by atoms with Crippen molar-refractivity contribution >= 4 is 23.5 Å². The number of anilines is 3. The number of rotatable bonds is 7. The molecule has 1 aromatic heterocycles. The van der Waals surface area contributed by atoms with Gasteiger partial charge in [-0.25, -0.2) is 0 Å². The molecule has 0 aliphatic rings. The molecule has 7 nitrogen and oxygen atoms in total. The average Bonchev–Trinajstić information content (AvgIpc) is 2.29. The maximum Gasteiger partial charge on any atom is 0.223 e. The molecule has 0 fully saturated rings. The van der Waals surface area contributed by atoms with E-state index >= 15 is 0 Å². The Bertz CT molecular complexity index is 395. The van der Waals surface area contributed by atoms with Gasteiger partial charge in [0.2, 0.25) is 11.9 Å². The molecule has 1 aromatic rings. The Morgan fingerprint density at radius 1 is 1.22 bits per heavy atom. The number of carbonyl (C=O) groups excluding carboxylic acids is 1. The Balaban J connectivity index is 2.48. The molecule has 0 unspecified atom stereocenters. The summed E-state index contributed by atoms with van der Waals surface area (Å²) in [6, 6.07) is 1.76. The van der Waals surface area contributed by atoms with Crippen LogP contribution in [0.3, 0.4) is 0 Å². The number of amides is 1. The lowest BCUT2D eigenvalue weighted by Crippen LogP contribution is -2.24. The molecule has 0 spiro atoms. The fourth-order valence-electron chi connectivity index (χ4n) is 1.42. The number of nitrogens with two attached hydrogens (primary N) is 1. The van der Waals surface area contributed by atoms with Crippen LogP contribution in [0.5, 0.6) is 0 Å². The van der Waals surface area contributed by atoms with E-state index in [1.54, 1.807) is 6.07 Å². The molecule has 0 saturated heterocycles. The maximum atomic E-state index is 11.2. The van der Waals surface area contributed by atoms with E-state index in [1.807, 2.05) is 13.8 Å². The monoisotopic (exact) mass is 252 g/mol. The van der Waals surface area contributed by atoms with Crippen LogP contribution in [0.4, 0.5) is 17.6 Å². The summed E-state index contributed by atoms with van der Waals surface area (Å²) in [7, 11) is 0. The van der Waals surface area contributed by atoms with Gasteiger partial charge in [0.05, 0.1) is 0 Å². The van der Waals surface area contributed by atoms with E-state index in [9.17, 15) is 4.79 Å². The quantitative estimate of drug-likeness (QED) is 0.561. The largest absolute Gasteiger partial charge is 0.370 e. The van der Waals surface area contributed by atoms with Crippen molar-refractivity contribution in [1.82, 2.24) is 15.3 Å². The minimum Gasteiger partial charge on any atom is -0.370 e. The predicted molar refractivity (Wildman–Crippen MR) is 72.4 cm³/mol. The molecule has 1 amide bonds. The van der Waals surface area contributed by atoms with Crippen molar-refractivity contribution in [3.8, 4) is 0 Å². The molecule has 0 atom stereocenters. The highest BCUT2D eigenvalue weighted by molar-refractivity contribution is 5.76. The molecule has 0 bridgehead atoms. The summed E-state index contributed by atoms with van der Waals surface area (Å²) < 4.78 is 0. The Hall–Kier alpha value is -2.05. The van der Waals surface area contributed by atoms with E-state index in [1.165, 1.54) is 0 Å². The fraction of sp³-hybridized carbons (Fsp3) is 0.545. The van der Waals surface area contributed by atoms with Crippen LogP contribution in [0.2, 0.25) is 0 Å². The number of nitrogens with one attached hydrogen (secondary N) is 3. The molecule has 100 valence electrons. The van der Waals surface area contributed by atoms with Gasteiger partial charge in [0.25, 0.3) is 0 Å². The molecular formula is C11H20N6O. The predicted octanol–water partition coefficient (Wildman–Crippen LogP) is 0.429. The summed E-state index contributed by atoms with van der Waals surface area (Å²) in [5.74, 6) is 1.50. The van der Waals surface area contributed by atoms with Crippen LogP contribution in [0, 0.1) is 0 Å². The van der Waals surface area contributed by atoms with Gasteiger partial charge < -0.3 is 21.7 Å². The molecule has 18 heavy (non-hydrogen) atoms. The van der Waals surface area contributed by atoms with E-state index in [4.69, 9.17) is 5.73 Å². The SMILES string of the molecule is CCNC(=O)CCNc1cc(NCC)nc(N)n1. The molecule has 5 N–H and O–H groups in total. The van der Waals surface area contributed by atoms with Gasteiger partial charge in [0, 0.05) is 32.1 Å². The van der Waals surface area contributed by atoms with Crippen LogP contribution in [0.15, 0.2) is 6.07 Å². The van der Waals surface area contributed by atoms with E-state index in [2.05, 4.69) is 25.9 Å². The van der Waals surface area contributed by atoms with Crippen LogP contribution in [0.1, 0.15) is 20.3 Å². The van der Waals surface area contributed by atoms with Crippen molar-refractivity contribution in [3.05, 3.63) is 6.07 Å². The molecule has 0 saturated carbocycles. The lowest BCUT2D eigenvalue weighted by Gasteiger charge is -2.08. The van der Waals surface area contributed by atoms with Gasteiger partial charge in [-0.2, -0.15) is 9.97 Å². The van der Waals surface area contributed by atoms with Crippen LogP contribution in [-0.4, -0.2) is 35.5 Å². The Morgan fingerprint density at radius 3 is 2.50 bits per heavy atom. The van der Waals surface area contributed by atoms with Crippen LogP contribution in [-0.2, 0) is 4.79 Å². The summed E-state index contributed by atoms with van der Waals surface area (Å²) in [6.45, 7) is 5.77. The van der Waals surface area contributed by atoms with Gasteiger partial charge in [0.15, 0.2) is 0 Å². The van der Waals surface area contributed by atoms with Gasteiger partial charge in [-0.05, 0) is 13.8 Å². The van der Waals surface area contributed by atoms with Crippen molar-refractivity contribution in [2.45, 2.75) is 20.3 Å². The first-order chi connectivity index (χ1) is 8.65. The average molecular weight is 252 g/mol. The van der Waals surface area contributed by atoms with Crippen molar-refractivity contribution in [3.63, 3.8) is 0 Å². The van der Waals surface area contributed by atoms with Crippen molar-refractivity contribution in [2.24, 2.45) is 0 Å². The van der Waals surface area contributed by atoms with Crippen LogP contribution >= 0.6 is 0 Å². The van der Waals surface area contributed by atoms with Gasteiger partial charge in [-0.3, -0.25) is 4.79 Å². The highest BCUT2D eigenvalue weighted by Gasteiger charge is 2.03. The molecule has 0 aliphatic carbocycles. The summed E-state index contributed by atoms with van der Waals surface area (Å²) in [5, 5.41) is 8.83. The minimum atomic E-state index is 0.0129. The summed E-state index contributed by atoms with van der Waals surface area (Å²) in [6.07, 6.45) is 0.397. The molecular weight excluding hydrogens is 232 g/mol. The highest BCUT2D eigenvalue weighted by Crippen LogP contribution is 2.11. The Morgan fingerprint density at radius 2 is 1.89 bits per heavy atom. The van der Waals surface area contributed by atoms with Gasteiger partial charge in [0.1, 0.15) is 11.6 Å². The molecule has 1 rings (SSSR count). The third-order valence-corrected chi connectivity index (χ3v) is 2.13. The van der Waals surface area contributed by atoms with E-state index < -0.39 is 0 Å². The van der Waals surface area contributed by atoms with E-state index in [0.29, 0.717) is 31.1 Å². The van der Waals surface area contributed by atoms with Crippen molar-refractivity contribution in [2.75, 3.05) is 36.0 Å². The second kappa shape index (κ2) is 7.31. The maximum absolute atomic E-state index is 11.2. The second-order valence-electron chi connectivity index (χ2n) is 3.66. The number of nitrogens with zero attached hydrogens (tertiary/aromatic N) is 2. The number of nitrogen functional groups attached to an aromatic ring is 1. The zero-order valence-electron chi connectivity index (χ0n) is 10.8. The molecule has 1 heterocycles. The zero-order valence-corrected chi connectivity index (χ0v) is 10.8. The Labute approximate surface area is 107 Å². The van der Waals surface area contributed by atoms with E-state index in [0.717, 1.165) is 6.54 Å². The highest BCUT2D eigenvalue weighted by atomic mass is 16.1. The molecule has 0 aromatic carbocycles. The lowest BCUT2D eigenvalue weighted by atomic mass is 10.4. The molecule has 0 radical (unpaired) electrons. The zero-order chi connectivity index (χ0) is 13.4. The lowest BCUT2D eigenvalue weighted by molar-refractivity contribution is -0.120. The molecule has 0 aliphatic heterocycles. The van der Waals surface area contributed by atoms with E-state index in [-0.39, 0.29) is 11.9 Å². The number of carbonyl (C=O) groups is 1. The van der Waals surface area contributed by atoms with Crippen LogP contribution in [0.25, 0.3) is 0 Å². The van der Waals surface area contributed by atoms with Crippen molar-refractivity contribution < 1.29 is 4.79 Å². The number of aromatic nitrogens is 2. The smallest absolute Gasteiger partial charge is 0.223 e. The fourth-order valence-corrected chi connectivity index (χ4v) is 1.42.